The Bertz CT molecular complexity index is 743. The number of likely N-dealkylation sites (tertiary alicyclic amines) is 1. The zero-order valence-corrected chi connectivity index (χ0v) is 15.6. The van der Waals surface area contributed by atoms with E-state index in [9.17, 15) is 26.4 Å². The van der Waals surface area contributed by atoms with Crippen molar-refractivity contribution in [1.82, 2.24) is 9.62 Å². The van der Waals surface area contributed by atoms with Crippen LogP contribution in [0.4, 0.5) is 13.2 Å². The number of hydrogen-bond donors (Lipinski definition) is 2. The van der Waals surface area contributed by atoms with Crippen LogP contribution in [0.2, 0.25) is 0 Å². The molecule has 1 fully saturated rings. The molecule has 11 heteroatoms. The number of benzene rings is 1. The molecule has 1 aromatic carbocycles. The number of amides is 1. The summed E-state index contributed by atoms with van der Waals surface area (Å²) in [6.45, 7) is 2.21. The fourth-order valence-corrected chi connectivity index (χ4v) is 3.86. The van der Waals surface area contributed by atoms with Gasteiger partial charge in [0.25, 0.3) is 0 Å². The Kier molecular flexibility index (Phi) is 7.46. The van der Waals surface area contributed by atoms with Crippen molar-refractivity contribution in [1.29, 1.82) is 0 Å². The fourth-order valence-electron chi connectivity index (χ4n) is 2.84. The van der Waals surface area contributed by atoms with Crippen LogP contribution in [-0.2, 0) is 21.0 Å². The number of nitrogens with two attached hydrogens (primary N) is 1. The monoisotopic (exact) mass is 415 g/mol. The summed E-state index contributed by atoms with van der Waals surface area (Å²) >= 11 is 0. The molecule has 148 valence electrons. The van der Waals surface area contributed by atoms with Crippen LogP contribution in [0.3, 0.4) is 0 Å². The average molecular weight is 416 g/mol. The second-order valence-electron chi connectivity index (χ2n) is 6.08. The summed E-state index contributed by atoms with van der Waals surface area (Å²) in [5, 5.41) is 0. The van der Waals surface area contributed by atoms with E-state index in [0.29, 0.717) is 19.2 Å². The van der Waals surface area contributed by atoms with Crippen molar-refractivity contribution in [3.8, 4) is 0 Å². The number of nitrogens with zero attached hydrogens (tertiary/aromatic N) is 1. The molecule has 0 aromatic heterocycles. The van der Waals surface area contributed by atoms with Gasteiger partial charge >= 0.3 is 6.18 Å². The van der Waals surface area contributed by atoms with Gasteiger partial charge in [0, 0.05) is 12.6 Å². The molecule has 2 unspecified atom stereocenters. The summed E-state index contributed by atoms with van der Waals surface area (Å²) in [7, 11) is -4.23. The van der Waals surface area contributed by atoms with E-state index in [-0.39, 0.29) is 24.4 Å². The molecular weight excluding hydrogens is 395 g/mol. The molecule has 1 aromatic rings. The molecular formula is C15H21ClF3N3O3S. The van der Waals surface area contributed by atoms with Crippen LogP contribution in [0.15, 0.2) is 29.2 Å². The van der Waals surface area contributed by atoms with Gasteiger partial charge in [0.05, 0.1) is 17.0 Å². The average Bonchev–Trinajstić information content (AvgIpc) is 2.93. The Hall–Kier alpha value is -1.36. The topological polar surface area (TPSA) is 92.5 Å². The van der Waals surface area contributed by atoms with Crippen molar-refractivity contribution in [2.24, 2.45) is 11.7 Å². The first-order valence-corrected chi connectivity index (χ1v) is 9.19. The predicted molar refractivity (Wildman–Crippen MR) is 92.2 cm³/mol. The zero-order chi connectivity index (χ0) is 18.8. The predicted octanol–water partition coefficient (Wildman–Crippen LogP) is 1.60. The van der Waals surface area contributed by atoms with Gasteiger partial charge in [-0.3, -0.25) is 4.79 Å². The lowest BCUT2D eigenvalue weighted by molar-refractivity contribution is -0.137. The first kappa shape index (κ1) is 22.7. The van der Waals surface area contributed by atoms with Crippen LogP contribution in [0, 0.1) is 5.92 Å². The summed E-state index contributed by atoms with van der Waals surface area (Å²) in [4.78, 5) is 13.2. The lowest BCUT2D eigenvalue weighted by Crippen LogP contribution is -2.42. The third-order valence-electron chi connectivity index (χ3n) is 4.20. The maximum absolute atomic E-state index is 12.7. The van der Waals surface area contributed by atoms with Gasteiger partial charge in [-0.2, -0.15) is 13.2 Å². The number of carbonyl (C=O) groups excluding carboxylic acids is 1. The molecule has 1 heterocycles. The molecule has 1 saturated heterocycles. The number of hydrogen-bond acceptors (Lipinski definition) is 4. The first-order chi connectivity index (χ1) is 11.5. The lowest BCUT2D eigenvalue weighted by atomic mass is 10.1. The van der Waals surface area contributed by atoms with E-state index in [1.165, 1.54) is 4.90 Å². The number of halogens is 4. The van der Waals surface area contributed by atoms with Crippen LogP contribution in [-0.4, -0.2) is 44.9 Å². The molecule has 3 N–H and O–H groups in total. The van der Waals surface area contributed by atoms with Crippen molar-refractivity contribution in [2.45, 2.75) is 30.5 Å². The minimum absolute atomic E-state index is 0. The third-order valence-corrected chi connectivity index (χ3v) is 5.60. The summed E-state index contributed by atoms with van der Waals surface area (Å²) < 4.78 is 64.5. The largest absolute Gasteiger partial charge is 0.416 e. The van der Waals surface area contributed by atoms with Crippen molar-refractivity contribution < 1.29 is 26.4 Å². The standard InChI is InChI=1S/C15H20F3N3O3S.ClH/c1-10-5-11(7-19)9-21(10)14(22)8-20-25(23,24)13-4-2-3-12(6-13)15(16,17)18;/h2-4,6,10-11,20H,5,7-9,19H2,1H3;1H. The van der Waals surface area contributed by atoms with E-state index in [2.05, 4.69) is 4.72 Å². The van der Waals surface area contributed by atoms with Gasteiger partial charge in [-0.1, -0.05) is 6.07 Å². The van der Waals surface area contributed by atoms with Crippen LogP contribution in [0.25, 0.3) is 0 Å². The van der Waals surface area contributed by atoms with E-state index in [1.807, 2.05) is 6.92 Å². The Morgan fingerprint density at radius 2 is 2.04 bits per heavy atom. The Morgan fingerprint density at radius 1 is 1.38 bits per heavy atom. The van der Waals surface area contributed by atoms with Gasteiger partial charge in [-0.05, 0) is 44.0 Å². The van der Waals surface area contributed by atoms with Gasteiger partial charge in [0.2, 0.25) is 15.9 Å². The summed E-state index contributed by atoms with van der Waals surface area (Å²) in [6.07, 6.45) is -3.91. The summed E-state index contributed by atoms with van der Waals surface area (Å²) in [6, 6.07) is 3.32. The SMILES string of the molecule is CC1CC(CN)CN1C(=O)CNS(=O)(=O)c1cccc(C(F)(F)F)c1.Cl. The molecule has 26 heavy (non-hydrogen) atoms. The third kappa shape index (κ3) is 5.32. The molecule has 0 aliphatic carbocycles. The van der Waals surface area contributed by atoms with Crippen molar-refractivity contribution in [3.63, 3.8) is 0 Å². The first-order valence-electron chi connectivity index (χ1n) is 7.71. The molecule has 0 saturated carbocycles. The van der Waals surface area contributed by atoms with Crippen LogP contribution in [0.1, 0.15) is 18.9 Å². The van der Waals surface area contributed by atoms with E-state index >= 15 is 0 Å². The van der Waals surface area contributed by atoms with Crippen LogP contribution < -0.4 is 10.5 Å². The van der Waals surface area contributed by atoms with Crippen LogP contribution in [0.5, 0.6) is 0 Å². The highest BCUT2D eigenvalue weighted by atomic mass is 35.5. The van der Waals surface area contributed by atoms with Crippen LogP contribution >= 0.6 is 12.4 Å². The quantitative estimate of drug-likeness (QED) is 0.764. The van der Waals surface area contributed by atoms with E-state index in [0.717, 1.165) is 24.6 Å². The second kappa shape index (κ2) is 8.55. The maximum atomic E-state index is 12.7. The molecule has 1 aliphatic rings. The zero-order valence-electron chi connectivity index (χ0n) is 14.0. The van der Waals surface area contributed by atoms with Gasteiger partial charge in [0.1, 0.15) is 0 Å². The van der Waals surface area contributed by atoms with Crippen molar-refractivity contribution in [2.75, 3.05) is 19.6 Å². The van der Waals surface area contributed by atoms with Gasteiger partial charge in [0.15, 0.2) is 0 Å². The molecule has 6 nitrogen and oxygen atoms in total. The maximum Gasteiger partial charge on any atom is 0.416 e. The highest BCUT2D eigenvalue weighted by molar-refractivity contribution is 7.89. The Labute approximate surface area is 156 Å². The molecule has 1 amide bonds. The molecule has 0 radical (unpaired) electrons. The van der Waals surface area contributed by atoms with Gasteiger partial charge in [-0.15, -0.1) is 12.4 Å². The van der Waals surface area contributed by atoms with E-state index < -0.39 is 39.1 Å². The normalized spacial score (nSPS) is 20.7. The minimum Gasteiger partial charge on any atom is -0.339 e. The summed E-state index contributed by atoms with van der Waals surface area (Å²) in [5.41, 5.74) is 4.52. The number of rotatable bonds is 5. The molecule has 0 bridgehead atoms. The van der Waals surface area contributed by atoms with E-state index in [1.54, 1.807) is 0 Å². The Morgan fingerprint density at radius 3 is 2.58 bits per heavy atom. The van der Waals surface area contributed by atoms with Gasteiger partial charge < -0.3 is 10.6 Å². The smallest absolute Gasteiger partial charge is 0.339 e. The number of sulfonamides is 1. The number of nitrogens with one attached hydrogen (secondary N) is 1. The molecule has 0 spiro atoms. The summed E-state index contributed by atoms with van der Waals surface area (Å²) in [5.74, 6) is -0.266. The highest BCUT2D eigenvalue weighted by Crippen LogP contribution is 2.30. The van der Waals surface area contributed by atoms with Crippen molar-refractivity contribution >= 4 is 28.3 Å². The Balaban J connectivity index is 0.00000338. The number of alkyl halides is 3. The number of carbonyl (C=O) groups is 1. The molecule has 2 atom stereocenters. The fraction of sp³-hybridized carbons (Fsp3) is 0.533. The minimum atomic E-state index is -4.65. The van der Waals surface area contributed by atoms with Gasteiger partial charge in [-0.25, -0.2) is 13.1 Å². The lowest BCUT2D eigenvalue weighted by Gasteiger charge is -2.21. The van der Waals surface area contributed by atoms with Crippen molar-refractivity contribution in [3.05, 3.63) is 29.8 Å². The molecule has 2 rings (SSSR count). The highest BCUT2D eigenvalue weighted by Gasteiger charge is 2.33. The second-order valence-corrected chi connectivity index (χ2v) is 7.85. The molecule has 1 aliphatic heterocycles. The van der Waals surface area contributed by atoms with E-state index in [4.69, 9.17) is 5.73 Å².